The van der Waals surface area contributed by atoms with Gasteiger partial charge in [-0.05, 0) is 40.5 Å². The molecule has 0 aliphatic heterocycles. The number of halogens is 2. The number of hydrogen-bond acceptors (Lipinski definition) is 3. The molecule has 0 saturated heterocycles. The van der Waals surface area contributed by atoms with Gasteiger partial charge >= 0.3 is 0 Å². The molecule has 1 aromatic carbocycles. The monoisotopic (exact) mass is 429 g/mol. The maximum atomic E-state index is 6.36. The lowest BCUT2D eigenvalue weighted by Crippen LogP contribution is -2.10. The lowest BCUT2D eigenvalue weighted by molar-refractivity contribution is 0.663. The number of aryl methyl sites for hydroxylation is 1. The Morgan fingerprint density at radius 1 is 1.12 bits per heavy atom. The molecule has 4 rings (SSSR count). The van der Waals surface area contributed by atoms with Gasteiger partial charge in [0.15, 0.2) is 5.65 Å². The van der Waals surface area contributed by atoms with Gasteiger partial charge in [0, 0.05) is 42.1 Å². The average Bonchev–Trinajstić information content (AvgIpc) is 3.29. The van der Waals surface area contributed by atoms with Crippen LogP contribution in [0, 0.1) is 0 Å². The van der Waals surface area contributed by atoms with E-state index in [-0.39, 0.29) is 0 Å². The second-order valence-corrected chi connectivity index (χ2v) is 7.20. The molecule has 0 atom stereocenters. The predicted octanol–water partition coefficient (Wildman–Crippen LogP) is 5.12. The van der Waals surface area contributed by atoms with Gasteiger partial charge in [0.25, 0.3) is 0 Å². The number of benzene rings is 1. The average molecular weight is 431 g/mol. The summed E-state index contributed by atoms with van der Waals surface area (Å²) in [7, 11) is 0. The Kier molecular flexibility index (Phi) is 4.95. The first-order valence-electron chi connectivity index (χ1n) is 8.36. The van der Waals surface area contributed by atoms with Gasteiger partial charge in [-0.25, -0.2) is 4.98 Å². The van der Waals surface area contributed by atoms with Crippen LogP contribution in [0.3, 0.4) is 0 Å². The summed E-state index contributed by atoms with van der Waals surface area (Å²) in [4.78, 5) is 4.72. The Hall–Kier alpha value is -2.31. The minimum atomic E-state index is 0.679. The third-order valence-corrected chi connectivity index (χ3v) is 5.03. The highest BCUT2D eigenvalue weighted by Crippen LogP contribution is 2.30. The van der Waals surface area contributed by atoms with E-state index in [0.29, 0.717) is 5.02 Å². The third kappa shape index (κ3) is 3.48. The Bertz CT molecular complexity index is 1030. The zero-order valence-electron chi connectivity index (χ0n) is 13.9. The molecule has 132 valence electrons. The summed E-state index contributed by atoms with van der Waals surface area (Å²) in [6, 6.07) is 13.8. The molecule has 0 aliphatic carbocycles. The van der Waals surface area contributed by atoms with Crippen LogP contribution in [0.25, 0.3) is 16.9 Å². The Balaban J connectivity index is 1.61. The van der Waals surface area contributed by atoms with E-state index in [1.807, 2.05) is 42.5 Å². The lowest BCUT2D eigenvalue weighted by Gasteiger charge is -2.12. The fourth-order valence-corrected chi connectivity index (χ4v) is 3.45. The molecule has 3 aromatic heterocycles. The second-order valence-electron chi connectivity index (χ2n) is 5.94. The largest absolute Gasteiger partial charge is 0.370 e. The standard InChI is InChI=1S/C19H17BrClN5/c20-15-13-23-26-18(22-8-5-11-25-9-3-4-10-25)12-17(24-19(15)26)14-6-1-2-7-16(14)21/h1-4,6-7,9-10,12-13,22H,5,8,11H2. The van der Waals surface area contributed by atoms with Gasteiger partial charge in [-0.1, -0.05) is 29.8 Å². The van der Waals surface area contributed by atoms with Crippen molar-refractivity contribution in [1.82, 2.24) is 19.2 Å². The minimum absolute atomic E-state index is 0.679. The molecule has 0 fully saturated rings. The number of rotatable bonds is 6. The molecule has 0 aliphatic rings. The van der Waals surface area contributed by atoms with Crippen molar-refractivity contribution < 1.29 is 0 Å². The summed E-state index contributed by atoms with van der Waals surface area (Å²) < 4.78 is 4.82. The van der Waals surface area contributed by atoms with Crippen molar-refractivity contribution in [2.75, 3.05) is 11.9 Å². The van der Waals surface area contributed by atoms with Crippen LogP contribution in [0.1, 0.15) is 6.42 Å². The van der Waals surface area contributed by atoms with Crippen molar-refractivity contribution >= 4 is 39.0 Å². The maximum absolute atomic E-state index is 6.36. The molecular formula is C19H17BrClN5. The van der Waals surface area contributed by atoms with E-state index in [4.69, 9.17) is 16.6 Å². The fraction of sp³-hybridized carbons (Fsp3) is 0.158. The van der Waals surface area contributed by atoms with Crippen molar-refractivity contribution in [3.63, 3.8) is 0 Å². The molecule has 3 heterocycles. The van der Waals surface area contributed by atoms with Crippen LogP contribution in [0.4, 0.5) is 5.82 Å². The van der Waals surface area contributed by atoms with E-state index in [0.717, 1.165) is 46.7 Å². The first-order valence-corrected chi connectivity index (χ1v) is 9.53. The molecular weight excluding hydrogens is 414 g/mol. The van der Waals surface area contributed by atoms with E-state index in [2.05, 4.69) is 43.3 Å². The Morgan fingerprint density at radius 3 is 2.73 bits per heavy atom. The van der Waals surface area contributed by atoms with Crippen molar-refractivity contribution in [2.45, 2.75) is 13.0 Å². The minimum Gasteiger partial charge on any atom is -0.370 e. The van der Waals surface area contributed by atoms with Gasteiger partial charge in [-0.2, -0.15) is 9.61 Å². The van der Waals surface area contributed by atoms with Crippen LogP contribution >= 0.6 is 27.5 Å². The summed E-state index contributed by atoms with van der Waals surface area (Å²) in [5, 5.41) is 8.57. The van der Waals surface area contributed by atoms with Gasteiger partial charge in [0.2, 0.25) is 0 Å². The molecule has 0 amide bonds. The molecule has 0 unspecified atom stereocenters. The molecule has 7 heteroatoms. The van der Waals surface area contributed by atoms with Crippen molar-refractivity contribution in [2.24, 2.45) is 0 Å². The van der Waals surface area contributed by atoms with Crippen LogP contribution < -0.4 is 5.32 Å². The first kappa shape index (κ1) is 17.1. The summed E-state index contributed by atoms with van der Waals surface area (Å²) in [5.74, 6) is 0.892. The van der Waals surface area contributed by atoms with E-state index >= 15 is 0 Å². The van der Waals surface area contributed by atoms with Gasteiger partial charge in [-0.3, -0.25) is 0 Å². The van der Waals surface area contributed by atoms with Crippen LogP contribution in [0.5, 0.6) is 0 Å². The molecule has 0 saturated carbocycles. The first-order chi connectivity index (χ1) is 12.7. The van der Waals surface area contributed by atoms with Gasteiger partial charge in [0.05, 0.1) is 16.4 Å². The summed E-state index contributed by atoms with van der Waals surface area (Å²) in [6.07, 6.45) is 6.90. The Labute approximate surface area is 164 Å². The number of aromatic nitrogens is 4. The molecule has 5 nitrogen and oxygen atoms in total. The zero-order valence-corrected chi connectivity index (χ0v) is 16.3. The summed E-state index contributed by atoms with van der Waals surface area (Å²) in [5.41, 5.74) is 2.48. The highest BCUT2D eigenvalue weighted by molar-refractivity contribution is 9.10. The molecule has 0 spiro atoms. The molecule has 0 bridgehead atoms. The van der Waals surface area contributed by atoms with E-state index in [1.165, 1.54) is 0 Å². The van der Waals surface area contributed by atoms with Gasteiger partial charge < -0.3 is 9.88 Å². The van der Waals surface area contributed by atoms with Crippen molar-refractivity contribution in [1.29, 1.82) is 0 Å². The Morgan fingerprint density at radius 2 is 1.92 bits per heavy atom. The van der Waals surface area contributed by atoms with E-state index in [9.17, 15) is 0 Å². The second kappa shape index (κ2) is 7.51. The van der Waals surface area contributed by atoms with E-state index in [1.54, 1.807) is 10.7 Å². The summed E-state index contributed by atoms with van der Waals surface area (Å²) >= 11 is 9.89. The molecule has 1 N–H and O–H groups in total. The van der Waals surface area contributed by atoms with Crippen molar-refractivity contribution in [3.05, 3.63) is 70.6 Å². The number of hydrogen-bond donors (Lipinski definition) is 1. The van der Waals surface area contributed by atoms with Crippen molar-refractivity contribution in [3.8, 4) is 11.3 Å². The van der Waals surface area contributed by atoms with Gasteiger partial charge in [0.1, 0.15) is 5.82 Å². The fourth-order valence-electron chi connectivity index (χ4n) is 2.87. The molecule has 26 heavy (non-hydrogen) atoms. The van der Waals surface area contributed by atoms with Gasteiger partial charge in [-0.15, -0.1) is 0 Å². The van der Waals surface area contributed by atoms with Crippen LogP contribution in [-0.2, 0) is 6.54 Å². The number of nitrogens with zero attached hydrogens (tertiary/aromatic N) is 4. The topological polar surface area (TPSA) is 47.2 Å². The summed E-state index contributed by atoms with van der Waals surface area (Å²) in [6.45, 7) is 1.80. The smallest absolute Gasteiger partial charge is 0.172 e. The van der Waals surface area contributed by atoms with Crippen LogP contribution in [0.2, 0.25) is 5.02 Å². The number of anilines is 1. The molecule has 0 radical (unpaired) electrons. The highest BCUT2D eigenvalue weighted by atomic mass is 79.9. The molecule has 4 aromatic rings. The quantitative estimate of drug-likeness (QED) is 0.432. The maximum Gasteiger partial charge on any atom is 0.172 e. The van der Waals surface area contributed by atoms with Crippen LogP contribution in [0.15, 0.2) is 65.5 Å². The highest BCUT2D eigenvalue weighted by Gasteiger charge is 2.12. The lowest BCUT2D eigenvalue weighted by atomic mass is 10.1. The van der Waals surface area contributed by atoms with E-state index < -0.39 is 0 Å². The number of fused-ring (bicyclic) bond motifs is 1. The normalized spacial score (nSPS) is 11.2. The number of nitrogens with one attached hydrogen (secondary N) is 1. The third-order valence-electron chi connectivity index (χ3n) is 4.14. The van der Waals surface area contributed by atoms with Crippen LogP contribution in [-0.4, -0.2) is 25.7 Å². The SMILES string of the molecule is Clc1ccccc1-c1cc(NCCCn2cccc2)n2ncc(Br)c2n1. The predicted molar refractivity (Wildman–Crippen MR) is 109 cm³/mol. The zero-order chi connectivity index (χ0) is 17.9.